The van der Waals surface area contributed by atoms with Crippen molar-refractivity contribution in [2.75, 3.05) is 18.4 Å². The van der Waals surface area contributed by atoms with E-state index >= 15 is 0 Å². The van der Waals surface area contributed by atoms with Crippen molar-refractivity contribution in [3.63, 3.8) is 0 Å². The second kappa shape index (κ2) is 5.81. The number of carbonyl (C=O) groups is 1. The second-order valence-corrected chi connectivity index (χ2v) is 5.90. The van der Waals surface area contributed by atoms with Crippen LogP contribution in [0.1, 0.15) is 32.1 Å². The predicted octanol–water partition coefficient (Wildman–Crippen LogP) is 3.03. The van der Waals surface area contributed by atoms with Crippen LogP contribution in [0.2, 0.25) is 0 Å². The highest BCUT2D eigenvalue weighted by atomic mass is 19.1. The van der Waals surface area contributed by atoms with Crippen LogP contribution in [0.5, 0.6) is 0 Å². The fourth-order valence-electron chi connectivity index (χ4n) is 2.99. The number of hydrogen-bond acceptors (Lipinski definition) is 2. The molecule has 20 heavy (non-hydrogen) atoms. The predicted molar refractivity (Wildman–Crippen MR) is 77.0 cm³/mol. The Kier molecular flexibility index (Phi) is 3.90. The molecule has 0 aromatic heterocycles. The minimum Gasteiger partial charge on any atom is -0.381 e. The molecule has 1 saturated heterocycles. The van der Waals surface area contributed by atoms with Crippen molar-refractivity contribution in [1.82, 2.24) is 4.90 Å². The number of nitrogens with zero attached hydrogens (tertiary/aromatic N) is 1. The van der Waals surface area contributed by atoms with Crippen LogP contribution in [0.15, 0.2) is 24.3 Å². The van der Waals surface area contributed by atoms with Crippen LogP contribution in [0, 0.1) is 11.7 Å². The van der Waals surface area contributed by atoms with Gasteiger partial charge in [0.15, 0.2) is 0 Å². The van der Waals surface area contributed by atoms with Crippen molar-refractivity contribution in [3.05, 3.63) is 30.1 Å². The van der Waals surface area contributed by atoms with Crippen LogP contribution < -0.4 is 5.32 Å². The lowest BCUT2D eigenvalue weighted by Crippen LogP contribution is -2.48. The first-order chi connectivity index (χ1) is 9.72. The average Bonchev–Trinajstić information content (AvgIpc) is 2.40. The second-order valence-electron chi connectivity index (χ2n) is 5.90. The molecule has 0 spiro atoms. The molecule has 0 radical (unpaired) electrons. The van der Waals surface area contributed by atoms with Crippen molar-refractivity contribution in [3.8, 4) is 0 Å². The lowest BCUT2D eigenvalue weighted by molar-refractivity contribution is -0.139. The van der Waals surface area contributed by atoms with Gasteiger partial charge in [0, 0.05) is 30.7 Å². The van der Waals surface area contributed by atoms with Crippen LogP contribution in [-0.4, -0.2) is 29.9 Å². The Morgan fingerprint density at radius 1 is 1.15 bits per heavy atom. The largest absolute Gasteiger partial charge is 0.381 e. The lowest BCUT2D eigenvalue weighted by atomic mass is 9.84. The molecule has 4 heteroatoms. The Balaban J connectivity index is 1.57. The zero-order chi connectivity index (χ0) is 13.9. The zero-order valence-electron chi connectivity index (χ0n) is 11.6. The van der Waals surface area contributed by atoms with Gasteiger partial charge in [-0.3, -0.25) is 4.79 Å². The van der Waals surface area contributed by atoms with E-state index in [1.54, 1.807) is 12.1 Å². The summed E-state index contributed by atoms with van der Waals surface area (Å²) < 4.78 is 12.9. The third-order valence-electron chi connectivity index (χ3n) is 4.40. The number of amides is 1. The van der Waals surface area contributed by atoms with E-state index in [1.165, 1.54) is 18.6 Å². The van der Waals surface area contributed by atoms with Crippen LogP contribution in [0.4, 0.5) is 10.1 Å². The van der Waals surface area contributed by atoms with Gasteiger partial charge in [0.1, 0.15) is 5.82 Å². The monoisotopic (exact) mass is 276 g/mol. The standard InChI is InChI=1S/C16H21FN2O/c17-13-6-8-14(9-7-13)18-15-5-2-10-19(11-15)16(20)12-3-1-4-12/h6-9,12,15,18H,1-5,10-11H2/t15-/m1/s1. The fraction of sp³-hybridized carbons (Fsp3) is 0.562. The Labute approximate surface area is 119 Å². The summed E-state index contributed by atoms with van der Waals surface area (Å²) in [5, 5.41) is 3.41. The minimum absolute atomic E-state index is 0.221. The summed E-state index contributed by atoms with van der Waals surface area (Å²) in [6.45, 7) is 1.66. The van der Waals surface area contributed by atoms with Crippen LogP contribution in [0.25, 0.3) is 0 Å². The fourth-order valence-corrected chi connectivity index (χ4v) is 2.99. The number of piperidine rings is 1. The van der Waals surface area contributed by atoms with Crippen molar-refractivity contribution >= 4 is 11.6 Å². The van der Waals surface area contributed by atoms with Crippen LogP contribution in [0.3, 0.4) is 0 Å². The molecular formula is C16H21FN2O. The summed E-state index contributed by atoms with van der Waals surface area (Å²) in [6, 6.07) is 6.70. The quantitative estimate of drug-likeness (QED) is 0.920. The maximum atomic E-state index is 12.9. The maximum absolute atomic E-state index is 12.9. The third-order valence-corrected chi connectivity index (χ3v) is 4.40. The molecule has 1 saturated carbocycles. The number of likely N-dealkylation sites (tertiary alicyclic amines) is 1. The Morgan fingerprint density at radius 3 is 2.55 bits per heavy atom. The van der Waals surface area contributed by atoms with E-state index in [-0.39, 0.29) is 17.8 Å². The van der Waals surface area contributed by atoms with Gasteiger partial charge < -0.3 is 10.2 Å². The van der Waals surface area contributed by atoms with E-state index in [2.05, 4.69) is 5.32 Å². The van der Waals surface area contributed by atoms with Crippen molar-refractivity contribution in [2.45, 2.75) is 38.1 Å². The minimum atomic E-state index is -0.221. The van der Waals surface area contributed by atoms with Crippen LogP contribution >= 0.6 is 0 Å². The van der Waals surface area contributed by atoms with E-state index in [1.807, 2.05) is 4.90 Å². The number of nitrogens with one attached hydrogen (secondary N) is 1. The molecule has 0 bridgehead atoms. The van der Waals surface area contributed by atoms with Gasteiger partial charge in [-0.15, -0.1) is 0 Å². The number of hydrogen-bond donors (Lipinski definition) is 1. The number of carbonyl (C=O) groups excluding carboxylic acids is 1. The molecule has 1 aromatic rings. The Hall–Kier alpha value is -1.58. The molecule has 108 valence electrons. The summed E-state index contributed by atoms with van der Waals surface area (Å²) >= 11 is 0. The lowest BCUT2D eigenvalue weighted by Gasteiger charge is -2.37. The summed E-state index contributed by atoms with van der Waals surface area (Å²) in [7, 11) is 0. The zero-order valence-corrected chi connectivity index (χ0v) is 11.6. The summed E-state index contributed by atoms with van der Waals surface area (Å²) in [5.74, 6) is 0.391. The van der Waals surface area contributed by atoms with Gasteiger partial charge in [-0.25, -0.2) is 4.39 Å². The van der Waals surface area contributed by atoms with Crippen molar-refractivity contribution < 1.29 is 9.18 Å². The summed E-state index contributed by atoms with van der Waals surface area (Å²) in [5.41, 5.74) is 0.925. The number of rotatable bonds is 3. The molecule has 1 aliphatic carbocycles. The van der Waals surface area contributed by atoms with Gasteiger partial charge in [-0.2, -0.15) is 0 Å². The molecule has 3 nitrogen and oxygen atoms in total. The first-order valence-electron chi connectivity index (χ1n) is 7.53. The van der Waals surface area contributed by atoms with Gasteiger partial charge in [0.05, 0.1) is 0 Å². The average molecular weight is 276 g/mol. The molecule has 3 rings (SSSR count). The Morgan fingerprint density at radius 2 is 1.90 bits per heavy atom. The topological polar surface area (TPSA) is 32.3 Å². The molecule has 1 aromatic carbocycles. The highest BCUT2D eigenvalue weighted by Crippen LogP contribution is 2.29. The molecule has 1 heterocycles. The number of halogens is 1. The SMILES string of the molecule is O=C(C1CCC1)N1CCC[C@@H](Nc2ccc(F)cc2)C1. The Bertz CT molecular complexity index is 470. The van der Waals surface area contributed by atoms with Gasteiger partial charge in [-0.1, -0.05) is 6.42 Å². The molecule has 1 atom stereocenters. The first-order valence-corrected chi connectivity index (χ1v) is 7.53. The molecule has 1 N–H and O–H groups in total. The molecule has 2 aliphatic rings. The first kappa shape index (κ1) is 13.4. The molecular weight excluding hydrogens is 255 g/mol. The molecule has 0 unspecified atom stereocenters. The number of benzene rings is 1. The number of anilines is 1. The molecule has 1 aliphatic heterocycles. The highest BCUT2D eigenvalue weighted by Gasteiger charge is 2.32. The van der Waals surface area contributed by atoms with Gasteiger partial charge in [0.2, 0.25) is 5.91 Å². The van der Waals surface area contributed by atoms with E-state index in [4.69, 9.17) is 0 Å². The van der Waals surface area contributed by atoms with E-state index in [0.717, 1.165) is 44.5 Å². The van der Waals surface area contributed by atoms with E-state index in [0.29, 0.717) is 5.91 Å². The highest BCUT2D eigenvalue weighted by molar-refractivity contribution is 5.79. The third kappa shape index (κ3) is 2.94. The van der Waals surface area contributed by atoms with Crippen molar-refractivity contribution in [1.29, 1.82) is 0 Å². The molecule has 2 fully saturated rings. The normalized spacial score (nSPS) is 23.2. The van der Waals surface area contributed by atoms with Gasteiger partial charge in [-0.05, 0) is 49.9 Å². The summed E-state index contributed by atoms with van der Waals surface area (Å²) in [6.07, 6.45) is 5.42. The summed E-state index contributed by atoms with van der Waals surface area (Å²) in [4.78, 5) is 14.3. The van der Waals surface area contributed by atoms with Gasteiger partial charge >= 0.3 is 0 Å². The van der Waals surface area contributed by atoms with Gasteiger partial charge in [0.25, 0.3) is 0 Å². The van der Waals surface area contributed by atoms with Crippen molar-refractivity contribution in [2.24, 2.45) is 5.92 Å². The smallest absolute Gasteiger partial charge is 0.225 e. The van der Waals surface area contributed by atoms with E-state index < -0.39 is 0 Å². The maximum Gasteiger partial charge on any atom is 0.225 e. The molecule has 1 amide bonds. The van der Waals surface area contributed by atoms with E-state index in [9.17, 15) is 9.18 Å². The van der Waals surface area contributed by atoms with Crippen LogP contribution in [-0.2, 0) is 4.79 Å².